The van der Waals surface area contributed by atoms with Gasteiger partial charge in [-0.05, 0) is 31.7 Å². The standard InChI is InChI=1S/C24H30N8O5S/c1-38(34,35)31-17-10-19-20(26-14-17)11-21(32-6-8-36-9-7-32)30-23(19)37-18-4-2-16(3-5-18)29-24-27-12-15(13-28-24)22(25)33/h10-14,16,18,31H,2-9H2,1H3,(H2,25,33)(H,27,28,29). The number of nitrogens with zero attached hydrogens (tertiary/aromatic N) is 5. The first kappa shape index (κ1) is 25.9. The van der Waals surface area contributed by atoms with E-state index in [0.717, 1.165) is 37.8 Å². The van der Waals surface area contributed by atoms with Gasteiger partial charge in [0.25, 0.3) is 5.91 Å². The zero-order valence-corrected chi connectivity index (χ0v) is 21.8. The molecule has 14 heteroatoms. The Balaban J connectivity index is 1.32. The number of nitrogens with one attached hydrogen (secondary N) is 2. The van der Waals surface area contributed by atoms with Crippen LogP contribution in [0.1, 0.15) is 36.0 Å². The van der Waals surface area contributed by atoms with Gasteiger partial charge in [0.2, 0.25) is 21.9 Å². The Morgan fingerprint density at radius 1 is 1.08 bits per heavy atom. The highest BCUT2D eigenvalue weighted by molar-refractivity contribution is 7.92. The number of ether oxygens (including phenoxy) is 2. The Bertz CT molecular complexity index is 1410. The molecule has 2 aliphatic rings. The van der Waals surface area contributed by atoms with E-state index < -0.39 is 15.9 Å². The summed E-state index contributed by atoms with van der Waals surface area (Å²) in [6.45, 7) is 2.66. The molecular formula is C24H30N8O5S. The number of sulfonamides is 1. The summed E-state index contributed by atoms with van der Waals surface area (Å²) < 4.78 is 37.9. The van der Waals surface area contributed by atoms with Gasteiger partial charge in [-0.25, -0.2) is 18.4 Å². The molecule has 202 valence electrons. The van der Waals surface area contributed by atoms with Gasteiger partial charge < -0.3 is 25.4 Å². The Labute approximate surface area is 220 Å². The van der Waals surface area contributed by atoms with Crippen LogP contribution in [0.15, 0.2) is 30.7 Å². The highest BCUT2D eigenvalue weighted by atomic mass is 32.2. The van der Waals surface area contributed by atoms with Crippen molar-refractivity contribution in [1.82, 2.24) is 19.9 Å². The molecule has 0 bridgehead atoms. The Kier molecular flexibility index (Phi) is 7.42. The summed E-state index contributed by atoms with van der Waals surface area (Å²) in [4.78, 5) is 31.0. The van der Waals surface area contributed by atoms with Gasteiger partial charge in [-0.1, -0.05) is 0 Å². The zero-order chi connectivity index (χ0) is 26.7. The number of rotatable bonds is 8. The monoisotopic (exact) mass is 542 g/mol. The van der Waals surface area contributed by atoms with Crippen molar-refractivity contribution in [2.75, 3.05) is 47.5 Å². The Morgan fingerprint density at radius 2 is 1.79 bits per heavy atom. The fourth-order valence-corrected chi connectivity index (χ4v) is 5.13. The minimum atomic E-state index is -3.46. The zero-order valence-electron chi connectivity index (χ0n) is 21.0. The van der Waals surface area contributed by atoms with Gasteiger partial charge in [-0.15, -0.1) is 0 Å². The van der Waals surface area contributed by atoms with Gasteiger partial charge in [0.1, 0.15) is 11.9 Å². The van der Waals surface area contributed by atoms with Crippen LogP contribution in [0, 0.1) is 0 Å². The first-order valence-electron chi connectivity index (χ1n) is 12.4. The fourth-order valence-electron chi connectivity index (χ4n) is 4.59. The van der Waals surface area contributed by atoms with Crippen LogP contribution in [-0.2, 0) is 14.8 Å². The lowest BCUT2D eigenvalue weighted by atomic mass is 9.93. The Hall–Kier alpha value is -3.78. The van der Waals surface area contributed by atoms with Gasteiger partial charge in [-0.2, -0.15) is 4.98 Å². The molecule has 1 saturated carbocycles. The predicted octanol–water partition coefficient (Wildman–Crippen LogP) is 1.53. The number of aromatic nitrogens is 4. The van der Waals surface area contributed by atoms with Gasteiger partial charge in [-0.3, -0.25) is 14.5 Å². The summed E-state index contributed by atoms with van der Waals surface area (Å²) in [6, 6.07) is 3.75. The average molecular weight is 543 g/mol. The summed E-state index contributed by atoms with van der Waals surface area (Å²) in [7, 11) is -3.46. The molecule has 2 fully saturated rings. The average Bonchev–Trinajstić information content (AvgIpc) is 2.90. The van der Waals surface area contributed by atoms with E-state index in [1.165, 1.54) is 18.6 Å². The summed E-state index contributed by atoms with van der Waals surface area (Å²) in [5, 5.41) is 3.94. The number of carbonyl (C=O) groups excluding carboxylic acids is 1. The SMILES string of the molecule is CS(=O)(=O)Nc1cnc2cc(N3CCOCC3)nc(OC3CCC(Nc4ncc(C(N)=O)cn4)CC3)c2c1. The molecule has 3 aromatic heterocycles. The maximum Gasteiger partial charge on any atom is 0.251 e. The molecule has 4 heterocycles. The predicted molar refractivity (Wildman–Crippen MR) is 142 cm³/mol. The third-order valence-corrected chi connectivity index (χ3v) is 7.10. The van der Waals surface area contributed by atoms with Crippen molar-refractivity contribution >= 4 is 44.3 Å². The van der Waals surface area contributed by atoms with Crippen LogP contribution in [-0.4, -0.2) is 79.0 Å². The van der Waals surface area contributed by atoms with Crippen LogP contribution < -0.4 is 25.4 Å². The number of anilines is 3. The third kappa shape index (κ3) is 6.37. The largest absolute Gasteiger partial charge is 0.474 e. The summed E-state index contributed by atoms with van der Waals surface area (Å²) >= 11 is 0. The first-order chi connectivity index (χ1) is 18.2. The minimum absolute atomic E-state index is 0.0756. The third-order valence-electron chi connectivity index (χ3n) is 6.49. The van der Waals surface area contributed by atoms with Crippen molar-refractivity contribution < 1.29 is 22.7 Å². The number of nitrogens with two attached hydrogens (primary N) is 1. The molecule has 5 rings (SSSR count). The fraction of sp³-hybridized carbons (Fsp3) is 0.458. The second kappa shape index (κ2) is 10.9. The summed E-state index contributed by atoms with van der Waals surface area (Å²) in [5.41, 5.74) is 6.52. The lowest BCUT2D eigenvalue weighted by molar-refractivity contribution is 0.0999. The van der Waals surface area contributed by atoms with Crippen molar-refractivity contribution in [3.63, 3.8) is 0 Å². The molecule has 3 aromatic rings. The highest BCUT2D eigenvalue weighted by Crippen LogP contribution is 2.33. The van der Waals surface area contributed by atoms with E-state index in [1.54, 1.807) is 6.07 Å². The van der Waals surface area contributed by atoms with Crippen molar-refractivity contribution in [1.29, 1.82) is 0 Å². The number of hydrogen-bond donors (Lipinski definition) is 3. The van der Waals surface area contributed by atoms with Crippen LogP contribution in [0.2, 0.25) is 0 Å². The highest BCUT2D eigenvalue weighted by Gasteiger charge is 2.25. The number of amides is 1. The summed E-state index contributed by atoms with van der Waals surface area (Å²) in [6.07, 6.45) is 8.53. The number of pyridine rings is 2. The molecular weight excluding hydrogens is 512 g/mol. The first-order valence-corrected chi connectivity index (χ1v) is 14.3. The maximum atomic E-state index is 11.8. The quantitative estimate of drug-likeness (QED) is 0.376. The van der Waals surface area contributed by atoms with E-state index in [0.29, 0.717) is 54.7 Å². The van der Waals surface area contributed by atoms with Crippen molar-refractivity contribution in [3.8, 4) is 5.88 Å². The molecule has 1 amide bonds. The maximum absolute atomic E-state index is 11.8. The molecule has 0 unspecified atom stereocenters. The molecule has 0 radical (unpaired) electrons. The van der Waals surface area contributed by atoms with Crippen LogP contribution in [0.5, 0.6) is 5.88 Å². The van der Waals surface area contributed by atoms with E-state index in [2.05, 4.69) is 29.9 Å². The van der Waals surface area contributed by atoms with E-state index in [9.17, 15) is 13.2 Å². The second-order valence-electron chi connectivity index (χ2n) is 9.45. The molecule has 0 spiro atoms. The van der Waals surface area contributed by atoms with Crippen LogP contribution in [0.25, 0.3) is 10.9 Å². The van der Waals surface area contributed by atoms with Crippen LogP contribution in [0.4, 0.5) is 17.5 Å². The molecule has 1 aliphatic carbocycles. The van der Waals surface area contributed by atoms with E-state index in [4.69, 9.17) is 20.2 Å². The number of morpholine rings is 1. The number of carbonyl (C=O) groups is 1. The molecule has 13 nitrogen and oxygen atoms in total. The van der Waals surface area contributed by atoms with Crippen LogP contribution in [0.3, 0.4) is 0 Å². The molecule has 38 heavy (non-hydrogen) atoms. The van der Waals surface area contributed by atoms with E-state index in [1.807, 2.05) is 6.07 Å². The van der Waals surface area contributed by atoms with Crippen molar-refractivity contribution in [3.05, 3.63) is 36.3 Å². The number of primary amides is 1. The van der Waals surface area contributed by atoms with Crippen LogP contribution >= 0.6 is 0 Å². The second-order valence-corrected chi connectivity index (χ2v) is 11.2. The van der Waals surface area contributed by atoms with E-state index >= 15 is 0 Å². The molecule has 4 N–H and O–H groups in total. The van der Waals surface area contributed by atoms with Gasteiger partial charge >= 0.3 is 0 Å². The normalized spacial score (nSPS) is 20.2. The molecule has 1 saturated heterocycles. The van der Waals surface area contributed by atoms with Gasteiger partial charge in [0.15, 0.2) is 0 Å². The van der Waals surface area contributed by atoms with Crippen molar-refractivity contribution in [2.45, 2.75) is 37.8 Å². The Morgan fingerprint density at radius 3 is 2.45 bits per heavy atom. The molecule has 0 atom stereocenters. The van der Waals surface area contributed by atoms with Crippen molar-refractivity contribution in [2.24, 2.45) is 5.73 Å². The number of fused-ring (bicyclic) bond motifs is 1. The topological polar surface area (TPSA) is 175 Å². The molecule has 0 aromatic carbocycles. The smallest absolute Gasteiger partial charge is 0.251 e. The van der Waals surface area contributed by atoms with Gasteiger partial charge in [0.05, 0.1) is 47.8 Å². The van der Waals surface area contributed by atoms with Gasteiger partial charge in [0, 0.05) is 37.6 Å². The van der Waals surface area contributed by atoms with E-state index in [-0.39, 0.29) is 17.7 Å². The minimum Gasteiger partial charge on any atom is -0.474 e. The summed E-state index contributed by atoms with van der Waals surface area (Å²) in [5.74, 6) is 1.05. The lowest BCUT2D eigenvalue weighted by Crippen LogP contribution is -2.37. The molecule has 1 aliphatic heterocycles. The lowest BCUT2D eigenvalue weighted by Gasteiger charge is -2.31. The number of hydrogen-bond acceptors (Lipinski definition) is 11.